The molecule has 0 saturated carbocycles. The van der Waals surface area contributed by atoms with Crippen molar-refractivity contribution in [2.45, 2.75) is 18.8 Å². The van der Waals surface area contributed by atoms with Gasteiger partial charge in [0.1, 0.15) is 22.9 Å². The van der Waals surface area contributed by atoms with Crippen molar-refractivity contribution in [3.63, 3.8) is 0 Å². The molecule has 1 aromatic carbocycles. The van der Waals surface area contributed by atoms with E-state index in [1.165, 1.54) is 12.4 Å². The fraction of sp³-hybridized carbons (Fsp3) is 0.286. The minimum absolute atomic E-state index is 0.0336. The van der Waals surface area contributed by atoms with Crippen LogP contribution in [0.4, 0.5) is 0 Å². The number of benzene rings is 1. The Morgan fingerprint density at radius 2 is 1.79 bits per heavy atom. The molecule has 0 spiro atoms. The monoisotopic (exact) mass is 391 g/mol. The molecule has 0 bridgehead atoms. The summed E-state index contributed by atoms with van der Waals surface area (Å²) >= 11 is 0. The van der Waals surface area contributed by atoms with E-state index < -0.39 is 0 Å². The van der Waals surface area contributed by atoms with Crippen molar-refractivity contribution >= 4 is 5.91 Å². The Bertz CT molecular complexity index is 966. The van der Waals surface area contributed by atoms with E-state index in [0.29, 0.717) is 30.4 Å². The van der Waals surface area contributed by atoms with Crippen LogP contribution in [0.5, 0.6) is 17.4 Å². The van der Waals surface area contributed by atoms with Gasteiger partial charge in [-0.1, -0.05) is 0 Å². The van der Waals surface area contributed by atoms with Crippen molar-refractivity contribution < 1.29 is 14.3 Å². The molecule has 4 rings (SSSR count). The number of methoxy groups -OCH3 is 1. The molecule has 29 heavy (non-hydrogen) atoms. The third-order valence-electron chi connectivity index (χ3n) is 4.84. The first kappa shape index (κ1) is 18.8. The summed E-state index contributed by atoms with van der Waals surface area (Å²) in [6.45, 7) is 1.22. The fourth-order valence-corrected chi connectivity index (χ4v) is 3.41. The van der Waals surface area contributed by atoms with Gasteiger partial charge in [0.05, 0.1) is 13.3 Å². The first-order valence-corrected chi connectivity index (χ1v) is 9.42. The average Bonchev–Trinajstić information content (AvgIpc) is 2.80. The summed E-state index contributed by atoms with van der Waals surface area (Å²) in [5, 5.41) is 0. The molecule has 0 radical (unpaired) electrons. The zero-order valence-corrected chi connectivity index (χ0v) is 16.1. The van der Waals surface area contributed by atoms with Gasteiger partial charge in [-0.2, -0.15) is 0 Å². The summed E-state index contributed by atoms with van der Waals surface area (Å²) in [6, 6.07) is 7.30. The molecule has 1 saturated heterocycles. The van der Waals surface area contributed by atoms with Crippen LogP contribution >= 0.6 is 0 Å². The van der Waals surface area contributed by atoms with Crippen molar-refractivity contribution in [2.75, 3.05) is 20.2 Å². The molecule has 0 unspecified atom stereocenters. The van der Waals surface area contributed by atoms with Crippen LogP contribution in [0.3, 0.4) is 0 Å². The molecule has 1 aliphatic heterocycles. The Kier molecular flexibility index (Phi) is 5.60. The molecule has 0 N–H and O–H groups in total. The Labute approximate surface area is 168 Å². The van der Waals surface area contributed by atoms with Crippen LogP contribution in [0.15, 0.2) is 55.2 Å². The number of amides is 1. The molecule has 1 aliphatic rings. The number of rotatable bonds is 5. The van der Waals surface area contributed by atoms with Crippen LogP contribution in [0.1, 0.15) is 34.9 Å². The fourth-order valence-electron chi connectivity index (χ4n) is 3.41. The van der Waals surface area contributed by atoms with Crippen LogP contribution in [-0.2, 0) is 0 Å². The number of carbonyl (C=O) groups excluding carboxylic acids is 1. The lowest BCUT2D eigenvalue weighted by Crippen LogP contribution is -2.39. The quantitative estimate of drug-likeness (QED) is 0.660. The van der Waals surface area contributed by atoms with Gasteiger partial charge in [-0.25, -0.2) is 9.97 Å². The maximum absolute atomic E-state index is 12.8. The van der Waals surface area contributed by atoms with Gasteiger partial charge < -0.3 is 14.4 Å². The molecule has 1 atom stereocenters. The first-order chi connectivity index (χ1) is 14.2. The highest BCUT2D eigenvalue weighted by atomic mass is 16.5. The van der Waals surface area contributed by atoms with Crippen molar-refractivity contribution in [1.82, 2.24) is 24.8 Å². The smallest absolute Gasteiger partial charge is 0.274 e. The lowest BCUT2D eigenvalue weighted by molar-refractivity contribution is 0.0698. The van der Waals surface area contributed by atoms with Crippen LogP contribution in [0, 0.1) is 0 Å². The molecule has 1 fully saturated rings. The first-order valence-electron chi connectivity index (χ1n) is 9.42. The molecule has 0 aliphatic carbocycles. The van der Waals surface area contributed by atoms with E-state index in [-0.39, 0.29) is 11.8 Å². The summed E-state index contributed by atoms with van der Waals surface area (Å²) in [5.74, 6) is 1.77. The summed E-state index contributed by atoms with van der Waals surface area (Å²) in [5.41, 5.74) is 1.10. The summed E-state index contributed by atoms with van der Waals surface area (Å²) < 4.78 is 11.2. The van der Waals surface area contributed by atoms with Crippen LogP contribution in [-0.4, -0.2) is 50.9 Å². The molecule has 2 aromatic heterocycles. The van der Waals surface area contributed by atoms with E-state index in [9.17, 15) is 4.79 Å². The van der Waals surface area contributed by atoms with Gasteiger partial charge >= 0.3 is 0 Å². The summed E-state index contributed by atoms with van der Waals surface area (Å²) in [4.78, 5) is 31.6. The minimum Gasteiger partial charge on any atom is -0.497 e. The van der Waals surface area contributed by atoms with E-state index in [2.05, 4.69) is 19.9 Å². The minimum atomic E-state index is -0.121. The van der Waals surface area contributed by atoms with Gasteiger partial charge in [-0.15, -0.1) is 0 Å². The SMILES string of the molecule is COc1ccc(Oc2nccnc2[C@@H]2CCCN(C(=O)c3cnccn3)C2)cc1. The largest absolute Gasteiger partial charge is 0.497 e. The van der Waals surface area contributed by atoms with E-state index >= 15 is 0 Å². The van der Waals surface area contributed by atoms with Crippen LogP contribution < -0.4 is 9.47 Å². The normalized spacial score (nSPS) is 16.3. The second-order valence-electron chi connectivity index (χ2n) is 6.71. The average molecular weight is 391 g/mol. The number of piperidine rings is 1. The highest BCUT2D eigenvalue weighted by molar-refractivity contribution is 5.92. The Hall–Kier alpha value is -3.55. The number of likely N-dealkylation sites (tertiary alicyclic amines) is 1. The molecule has 148 valence electrons. The molecule has 1 amide bonds. The number of nitrogens with zero attached hydrogens (tertiary/aromatic N) is 5. The van der Waals surface area contributed by atoms with Crippen molar-refractivity contribution in [3.05, 3.63) is 66.6 Å². The van der Waals surface area contributed by atoms with Gasteiger partial charge in [-0.05, 0) is 37.1 Å². The third-order valence-corrected chi connectivity index (χ3v) is 4.84. The highest BCUT2D eigenvalue weighted by Gasteiger charge is 2.29. The van der Waals surface area contributed by atoms with Gasteiger partial charge in [0, 0.05) is 43.8 Å². The molecule has 3 aromatic rings. The van der Waals surface area contributed by atoms with E-state index in [0.717, 1.165) is 24.3 Å². The second kappa shape index (κ2) is 8.64. The number of hydrogen-bond donors (Lipinski definition) is 0. The van der Waals surface area contributed by atoms with E-state index in [1.807, 2.05) is 24.3 Å². The highest BCUT2D eigenvalue weighted by Crippen LogP contribution is 2.33. The summed E-state index contributed by atoms with van der Waals surface area (Å²) in [6.07, 6.45) is 9.60. The molecule has 8 nitrogen and oxygen atoms in total. The van der Waals surface area contributed by atoms with Crippen LogP contribution in [0.25, 0.3) is 0 Å². The predicted molar refractivity (Wildman–Crippen MR) is 105 cm³/mol. The van der Waals surface area contributed by atoms with Gasteiger partial charge in [0.15, 0.2) is 0 Å². The van der Waals surface area contributed by atoms with E-state index in [1.54, 1.807) is 30.6 Å². The summed E-state index contributed by atoms with van der Waals surface area (Å²) in [7, 11) is 1.62. The molecule has 3 heterocycles. The van der Waals surface area contributed by atoms with Crippen molar-refractivity contribution in [1.29, 1.82) is 0 Å². The molecule has 8 heteroatoms. The zero-order chi connectivity index (χ0) is 20.1. The van der Waals surface area contributed by atoms with E-state index in [4.69, 9.17) is 9.47 Å². The number of ether oxygens (including phenoxy) is 2. The molecular formula is C21H21N5O3. The predicted octanol–water partition coefficient (Wildman–Crippen LogP) is 3.09. The number of carbonyl (C=O) groups is 1. The Morgan fingerprint density at radius 1 is 1.03 bits per heavy atom. The van der Waals surface area contributed by atoms with Crippen LogP contribution in [0.2, 0.25) is 0 Å². The van der Waals surface area contributed by atoms with Gasteiger partial charge in [-0.3, -0.25) is 14.8 Å². The third kappa shape index (κ3) is 4.31. The maximum Gasteiger partial charge on any atom is 0.274 e. The topological polar surface area (TPSA) is 90.3 Å². The Morgan fingerprint density at radius 3 is 2.55 bits per heavy atom. The maximum atomic E-state index is 12.8. The Balaban J connectivity index is 1.52. The zero-order valence-electron chi connectivity index (χ0n) is 16.1. The number of aromatic nitrogens is 4. The van der Waals surface area contributed by atoms with Gasteiger partial charge in [0.25, 0.3) is 5.91 Å². The lowest BCUT2D eigenvalue weighted by Gasteiger charge is -2.32. The van der Waals surface area contributed by atoms with Gasteiger partial charge in [0.2, 0.25) is 5.88 Å². The van der Waals surface area contributed by atoms with Crippen molar-refractivity contribution in [2.24, 2.45) is 0 Å². The molecular weight excluding hydrogens is 370 g/mol. The van der Waals surface area contributed by atoms with Crippen molar-refractivity contribution in [3.8, 4) is 17.4 Å². The second-order valence-corrected chi connectivity index (χ2v) is 6.71. The lowest BCUT2D eigenvalue weighted by atomic mass is 9.94. The number of hydrogen-bond acceptors (Lipinski definition) is 7. The standard InChI is InChI=1S/C21H21N5O3/c1-28-16-4-6-17(7-5-16)29-20-19(24-10-11-25-20)15-3-2-12-26(14-15)21(27)18-13-22-8-9-23-18/h4-11,13,15H,2-3,12,14H2,1H3/t15-/m1/s1.